The lowest BCUT2D eigenvalue weighted by molar-refractivity contribution is -0.114. The van der Waals surface area contributed by atoms with Gasteiger partial charge >= 0.3 is 0 Å². The van der Waals surface area contributed by atoms with Crippen molar-refractivity contribution in [1.82, 2.24) is 9.97 Å². The molecule has 0 radical (unpaired) electrons. The lowest BCUT2D eigenvalue weighted by Gasteiger charge is -2.11. The molecular weight excluding hydrogens is 280 g/mol. The lowest BCUT2D eigenvalue weighted by atomic mass is 10.2. The molecule has 0 atom stereocenters. The van der Waals surface area contributed by atoms with E-state index in [4.69, 9.17) is 11.0 Å². The molecule has 0 fully saturated rings. The zero-order valence-electron chi connectivity index (χ0n) is 12.3. The van der Waals surface area contributed by atoms with E-state index in [0.29, 0.717) is 17.2 Å². The van der Waals surface area contributed by atoms with Gasteiger partial charge in [0.05, 0.1) is 24.1 Å². The van der Waals surface area contributed by atoms with Crippen LogP contribution in [-0.2, 0) is 4.79 Å². The quantitative estimate of drug-likeness (QED) is 0.789. The molecule has 0 aromatic carbocycles. The van der Waals surface area contributed by atoms with Gasteiger partial charge < -0.3 is 16.4 Å². The van der Waals surface area contributed by atoms with E-state index >= 15 is 0 Å². The molecule has 0 aliphatic heterocycles. The van der Waals surface area contributed by atoms with Crippen molar-refractivity contribution in [3.8, 4) is 6.07 Å². The summed E-state index contributed by atoms with van der Waals surface area (Å²) < 4.78 is 0. The highest BCUT2D eigenvalue weighted by atomic mass is 16.1. The van der Waals surface area contributed by atoms with Crippen molar-refractivity contribution in [3.05, 3.63) is 41.3 Å². The number of amides is 1. The van der Waals surface area contributed by atoms with Gasteiger partial charge in [-0.05, 0) is 37.6 Å². The molecule has 0 saturated heterocycles. The van der Waals surface area contributed by atoms with Crippen LogP contribution in [0.3, 0.4) is 0 Å². The molecule has 0 aliphatic carbocycles. The summed E-state index contributed by atoms with van der Waals surface area (Å²) in [6.45, 7) is 3.72. The fourth-order valence-electron chi connectivity index (χ4n) is 1.97. The molecule has 0 bridgehead atoms. The van der Waals surface area contributed by atoms with Crippen LogP contribution in [0, 0.1) is 25.2 Å². The van der Waals surface area contributed by atoms with Crippen LogP contribution in [0.25, 0.3) is 0 Å². The number of pyridine rings is 2. The van der Waals surface area contributed by atoms with Gasteiger partial charge in [-0.1, -0.05) is 0 Å². The number of aromatic nitrogens is 2. The molecule has 22 heavy (non-hydrogen) atoms. The Bertz CT molecular complexity index is 730. The van der Waals surface area contributed by atoms with E-state index in [1.807, 2.05) is 32.0 Å². The van der Waals surface area contributed by atoms with Crippen molar-refractivity contribution in [2.45, 2.75) is 13.8 Å². The summed E-state index contributed by atoms with van der Waals surface area (Å²) in [6, 6.07) is 7.44. The first kappa shape index (κ1) is 15.4. The minimum Gasteiger partial charge on any atom is -0.338 e. The minimum absolute atomic E-state index is 0.124. The second-order valence-electron chi connectivity index (χ2n) is 4.78. The maximum atomic E-state index is 11.3. The maximum Gasteiger partial charge on any atom is 0.238 e. The third kappa shape index (κ3) is 3.77. The van der Waals surface area contributed by atoms with Gasteiger partial charge in [-0.15, -0.1) is 0 Å². The first-order valence-corrected chi connectivity index (χ1v) is 6.64. The van der Waals surface area contributed by atoms with E-state index < -0.39 is 0 Å². The van der Waals surface area contributed by atoms with Crippen LogP contribution in [0.5, 0.6) is 0 Å². The Morgan fingerprint density at radius 2 is 2.14 bits per heavy atom. The van der Waals surface area contributed by atoms with E-state index in [0.717, 1.165) is 11.3 Å². The lowest BCUT2D eigenvalue weighted by Crippen LogP contribution is -2.22. The van der Waals surface area contributed by atoms with E-state index in [9.17, 15) is 4.79 Å². The second-order valence-corrected chi connectivity index (χ2v) is 4.78. The topological polar surface area (TPSA) is 117 Å². The first-order chi connectivity index (χ1) is 10.5. The monoisotopic (exact) mass is 296 g/mol. The van der Waals surface area contributed by atoms with Crippen molar-refractivity contribution in [1.29, 1.82) is 5.26 Å². The predicted octanol–water partition coefficient (Wildman–Crippen LogP) is 1.61. The third-order valence-corrected chi connectivity index (χ3v) is 2.82. The van der Waals surface area contributed by atoms with Gasteiger partial charge in [0.25, 0.3) is 0 Å². The Morgan fingerprint density at radius 1 is 1.36 bits per heavy atom. The highest BCUT2D eigenvalue weighted by molar-refractivity contribution is 5.92. The summed E-state index contributed by atoms with van der Waals surface area (Å²) in [6.07, 6.45) is 1.41. The van der Waals surface area contributed by atoms with Gasteiger partial charge in [-0.25, -0.2) is 9.97 Å². The number of rotatable bonds is 4. The van der Waals surface area contributed by atoms with Crippen LogP contribution in [0.1, 0.15) is 17.0 Å². The highest BCUT2D eigenvalue weighted by Crippen LogP contribution is 2.22. The number of hydrogen-bond donors (Lipinski definition) is 3. The maximum absolute atomic E-state index is 11.3. The largest absolute Gasteiger partial charge is 0.338 e. The number of nitrogens with zero attached hydrogens (tertiary/aromatic N) is 3. The summed E-state index contributed by atoms with van der Waals surface area (Å²) in [5.41, 5.74) is 8.31. The average Bonchev–Trinajstić information content (AvgIpc) is 2.46. The van der Waals surface area contributed by atoms with E-state index in [1.165, 1.54) is 6.20 Å². The van der Waals surface area contributed by atoms with Crippen LogP contribution in [0.2, 0.25) is 0 Å². The fraction of sp³-hybridized carbons (Fsp3) is 0.200. The van der Waals surface area contributed by atoms with Crippen LogP contribution >= 0.6 is 0 Å². The highest BCUT2D eigenvalue weighted by Gasteiger charge is 2.08. The summed E-state index contributed by atoms with van der Waals surface area (Å²) >= 11 is 0. The number of carbonyl (C=O) groups is 1. The number of carbonyl (C=O) groups excluding carboxylic acids is 1. The van der Waals surface area contributed by atoms with E-state index in [-0.39, 0.29) is 18.1 Å². The molecule has 112 valence electrons. The van der Waals surface area contributed by atoms with Crippen molar-refractivity contribution in [2.75, 3.05) is 17.2 Å². The molecule has 0 unspecified atom stereocenters. The Morgan fingerprint density at radius 3 is 2.77 bits per heavy atom. The van der Waals surface area contributed by atoms with Crippen LogP contribution in [0.15, 0.2) is 24.4 Å². The minimum atomic E-state index is -0.331. The van der Waals surface area contributed by atoms with Gasteiger partial charge in [-0.3, -0.25) is 4.79 Å². The molecule has 1 amide bonds. The number of aryl methyl sites for hydroxylation is 2. The smallest absolute Gasteiger partial charge is 0.238 e. The van der Waals surface area contributed by atoms with Crippen LogP contribution in [-0.4, -0.2) is 22.4 Å². The molecule has 2 aromatic rings. The van der Waals surface area contributed by atoms with Gasteiger partial charge in [0.1, 0.15) is 11.9 Å². The number of anilines is 3. The average molecular weight is 296 g/mol. The molecule has 4 N–H and O–H groups in total. The number of hydrogen-bond acceptors (Lipinski definition) is 6. The molecular formula is C15H16N6O. The predicted molar refractivity (Wildman–Crippen MR) is 83.6 cm³/mol. The summed E-state index contributed by atoms with van der Waals surface area (Å²) in [5, 5.41) is 14.8. The molecule has 0 aliphatic rings. The van der Waals surface area contributed by atoms with Gasteiger partial charge in [0.2, 0.25) is 5.91 Å². The van der Waals surface area contributed by atoms with Crippen molar-refractivity contribution >= 4 is 23.1 Å². The Balaban J connectivity index is 2.33. The van der Waals surface area contributed by atoms with Crippen molar-refractivity contribution in [2.24, 2.45) is 5.73 Å². The molecule has 7 heteroatoms. The summed E-state index contributed by atoms with van der Waals surface area (Å²) in [7, 11) is 0. The van der Waals surface area contributed by atoms with E-state index in [2.05, 4.69) is 20.6 Å². The van der Waals surface area contributed by atoms with Crippen molar-refractivity contribution in [3.63, 3.8) is 0 Å². The van der Waals surface area contributed by atoms with E-state index in [1.54, 1.807) is 6.07 Å². The molecule has 2 heterocycles. The number of nitriles is 1. The second kappa shape index (κ2) is 6.65. The zero-order chi connectivity index (χ0) is 16.1. The zero-order valence-corrected chi connectivity index (χ0v) is 12.3. The van der Waals surface area contributed by atoms with Crippen LogP contribution in [0.4, 0.5) is 17.2 Å². The summed E-state index contributed by atoms with van der Waals surface area (Å²) in [4.78, 5) is 19.7. The fourth-order valence-corrected chi connectivity index (χ4v) is 1.97. The van der Waals surface area contributed by atoms with Crippen molar-refractivity contribution < 1.29 is 4.79 Å². The van der Waals surface area contributed by atoms with Gasteiger partial charge in [0.15, 0.2) is 5.69 Å². The third-order valence-electron chi connectivity index (χ3n) is 2.82. The SMILES string of the molecule is Cc1cc(C)nc(Nc2cc(NC(=O)CN)cnc2C#N)c1. The molecule has 2 rings (SSSR count). The van der Waals surface area contributed by atoms with Gasteiger partial charge in [-0.2, -0.15) is 5.26 Å². The molecule has 0 spiro atoms. The standard InChI is InChI=1S/C15H16N6O/c1-9-3-10(2)19-14(4-9)21-12-5-11(20-15(22)7-17)8-18-13(12)6-16/h3-5,8H,7,17H2,1-2H3,(H,19,21)(H,20,22). The van der Waals surface area contributed by atoms with Gasteiger partial charge in [0, 0.05) is 5.69 Å². The van der Waals surface area contributed by atoms with Crippen LogP contribution < -0.4 is 16.4 Å². The number of nitrogens with two attached hydrogens (primary N) is 1. The Labute approximate surface area is 128 Å². The Hall–Kier alpha value is -2.98. The molecule has 0 saturated carbocycles. The normalized spacial score (nSPS) is 9.91. The summed E-state index contributed by atoms with van der Waals surface area (Å²) in [5.74, 6) is 0.278. The molecule has 7 nitrogen and oxygen atoms in total. The number of nitrogens with one attached hydrogen (secondary N) is 2. The Kier molecular flexibility index (Phi) is 4.66. The first-order valence-electron chi connectivity index (χ1n) is 6.64. The molecule has 2 aromatic heterocycles.